The van der Waals surface area contributed by atoms with Gasteiger partial charge in [-0.25, -0.2) is 0 Å². The molecule has 1 heterocycles. The van der Waals surface area contributed by atoms with E-state index in [0.717, 1.165) is 5.69 Å². The van der Waals surface area contributed by atoms with Gasteiger partial charge in [-0.1, -0.05) is 38.1 Å². The molecule has 3 aromatic carbocycles. The highest BCUT2D eigenvalue weighted by Crippen LogP contribution is 2.43. The summed E-state index contributed by atoms with van der Waals surface area (Å²) in [6.07, 6.45) is 0. The molecular formula is C31H33N3O5. The summed E-state index contributed by atoms with van der Waals surface area (Å²) in [7, 11) is 3.85. The van der Waals surface area contributed by atoms with Crippen LogP contribution >= 0.6 is 0 Å². The maximum Gasteiger partial charge on any atom is 0.300 e. The smallest absolute Gasteiger partial charge is 0.300 e. The van der Waals surface area contributed by atoms with Gasteiger partial charge in [0, 0.05) is 43.6 Å². The summed E-state index contributed by atoms with van der Waals surface area (Å²) in [6, 6.07) is 20.2. The minimum absolute atomic E-state index is 0.00968. The van der Waals surface area contributed by atoms with Crippen LogP contribution in [0.1, 0.15) is 37.9 Å². The van der Waals surface area contributed by atoms with Gasteiger partial charge in [0.25, 0.3) is 11.7 Å². The predicted molar refractivity (Wildman–Crippen MR) is 153 cm³/mol. The van der Waals surface area contributed by atoms with E-state index in [4.69, 9.17) is 4.74 Å². The first-order chi connectivity index (χ1) is 18.6. The Morgan fingerprint density at radius 2 is 1.69 bits per heavy atom. The Balaban J connectivity index is 1.83. The lowest BCUT2D eigenvalue weighted by Gasteiger charge is -2.26. The molecule has 2 amide bonds. The highest BCUT2D eigenvalue weighted by atomic mass is 16.5. The molecular weight excluding hydrogens is 494 g/mol. The van der Waals surface area contributed by atoms with Crippen LogP contribution in [0.4, 0.5) is 17.1 Å². The van der Waals surface area contributed by atoms with Crippen molar-refractivity contribution in [3.63, 3.8) is 0 Å². The van der Waals surface area contributed by atoms with Crippen molar-refractivity contribution in [2.24, 2.45) is 5.92 Å². The van der Waals surface area contributed by atoms with Crippen LogP contribution in [-0.2, 0) is 14.4 Å². The standard InChI is InChI=1S/C31H33N3O5/c1-19(2)18-39-26-8-6-7-22(17-26)29(36)27-28(21-9-13-24(14-10-21)33(4)5)34(31(38)30(27)37)25-15-11-23(12-16-25)32-20(3)35/h6-17,19,28,36H,18H2,1-5H3,(H,32,35)/b29-27-. The first-order valence-electron chi connectivity index (χ1n) is 12.8. The number of hydrogen-bond donors (Lipinski definition) is 2. The number of aliphatic hydroxyl groups excluding tert-OH is 1. The van der Waals surface area contributed by atoms with E-state index in [2.05, 4.69) is 5.32 Å². The van der Waals surface area contributed by atoms with Gasteiger partial charge in [-0.2, -0.15) is 0 Å². The summed E-state index contributed by atoms with van der Waals surface area (Å²) >= 11 is 0. The fraction of sp³-hybridized carbons (Fsp3) is 0.258. The molecule has 1 fully saturated rings. The Labute approximate surface area is 228 Å². The van der Waals surface area contributed by atoms with E-state index < -0.39 is 17.7 Å². The lowest BCUT2D eigenvalue weighted by molar-refractivity contribution is -0.132. The van der Waals surface area contributed by atoms with Gasteiger partial charge in [0.15, 0.2) is 0 Å². The molecule has 0 spiro atoms. The summed E-state index contributed by atoms with van der Waals surface area (Å²) in [5.74, 6) is -1.16. The molecule has 0 aliphatic carbocycles. The minimum Gasteiger partial charge on any atom is -0.507 e. The van der Waals surface area contributed by atoms with Crippen LogP contribution in [0.25, 0.3) is 5.76 Å². The van der Waals surface area contributed by atoms with Crippen LogP contribution in [-0.4, -0.2) is 43.4 Å². The van der Waals surface area contributed by atoms with Crippen LogP contribution in [0, 0.1) is 5.92 Å². The number of nitrogens with one attached hydrogen (secondary N) is 1. The number of amides is 2. The maximum atomic E-state index is 13.5. The number of benzene rings is 3. The molecule has 8 heteroatoms. The lowest BCUT2D eigenvalue weighted by Crippen LogP contribution is -2.29. The minimum atomic E-state index is -0.868. The van der Waals surface area contributed by atoms with E-state index in [1.165, 1.54) is 11.8 Å². The van der Waals surface area contributed by atoms with Crippen molar-refractivity contribution in [1.82, 2.24) is 0 Å². The molecule has 1 aliphatic rings. The number of carbonyl (C=O) groups excluding carboxylic acids is 3. The Kier molecular flexibility index (Phi) is 8.04. The van der Waals surface area contributed by atoms with E-state index in [1.807, 2.05) is 57.1 Å². The average molecular weight is 528 g/mol. The Morgan fingerprint density at radius 3 is 2.28 bits per heavy atom. The first-order valence-corrected chi connectivity index (χ1v) is 12.8. The molecule has 0 saturated carbocycles. The second kappa shape index (κ2) is 11.4. The molecule has 1 aliphatic heterocycles. The van der Waals surface area contributed by atoms with Crippen LogP contribution in [0.5, 0.6) is 5.75 Å². The number of nitrogens with zero attached hydrogens (tertiary/aromatic N) is 2. The lowest BCUT2D eigenvalue weighted by atomic mass is 9.94. The molecule has 1 unspecified atom stereocenters. The Bertz CT molecular complexity index is 1410. The second-order valence-corrected chi connectivity index (χ2v) is 10.1. The number of ketones is 1. The molecule has 3 aromatic rings. The van der Waals surface area contributed by atoms with E-state index in [9.17, 15) is 19.5 Å². The van der Waals surface area contributed by atoms with Gasteiger partial charge in [0.2, 0.25) is 5.91 Å². The van der Waals surface area contributed by atoms with E-state index >= 15 is 0 Å². The van der Waals surface area contributed by atoms with Gasteiger partial charge >= 0.3 is 0 Å². The summed E-state index contributed by atoms with van der Waals surface area (Å²) in [5, 5.41) is 14.2. The Morgan fingerprint density at radius 1 is 1.03 bits per heavy atom. The summed E-state index contributed by atoms with van der Waals surface area (Å²) < 4.78 is 5.81. The number of rotatable bonds is 8. The van der Waals surface area contributed by atoms with Crippen molar-refractivity contribution in [2.45, 2.75) is 26.8 Å². The molecule has 39 heavy (non-hydrogen) atoms. The van der Waals surface area contributed by atoms with Crippen molar-refractivity contribution in [2.75, 3.05) is 35.8 Å². The second-order valence-electron chi connectivity index (χ2n) is 10.1. The van der Waals surface area contributed by atoms with Gasteiger partial charge in [0.05, 0.1) is 18.2 Å². The van der Waals surface area contributed by atoms with Crippen molar-refractivity contribution in [3.05, 3.63) is 89.5 Å². The third-order valence-electron chi connectivity index (χ3n) is 6.33. The zero-order valence-corrected chi connectivity index (χ0v) is 22.8. The van der Waals surface area contributed by atoms with E-state index in [1.54, 1.807) is 48.5 Å². The van der Waals surface area contributed by atoms with Gasteiger partial charge in [-0.05, 0) is 60.0 Å². The van der Waals surface area contributed by atoms with Gasteiger partial charge in [-0.3, -0.25) is 19.3 Å². The van der Waals surface area contributed by atoms with Crippen molar-refractivity contribution < 1.29 is 24.2 Å². The monoisotopic (exact) mass is 527 g/mol. The van der Waals surface area contributed by atoms with Gasteiger partial charge in [-0.15, -0.1) is 0 Å². The number of Topliss-reactive ketones (excluding diaryl/α,β-unsaturated/α-hetero) is 1. The number of ether oxygens (including phenoxy) is 1. The van der Waals surface area contributed by atoms with E-state index in [-0.39, 0.29) is 17.2 Å². The van der Waals surface area contributed by atoms with E-state index in [0.29, 0.717) is 40.8 Å². The summed E-state index contributed by atoms with van der Waals surface area (Å²) in [5.41, 5.74) is 3.01. The number of aliphatic hydroxyl groups is 1. The van der Waals surface area contributed by atoms with Crippen molar-refractivity contribution in [1.29, 1.82) is 0 Å². The molecule has 2 N–H and O–H groups in total. The largest absolute Gasteiger partial charge is 0.507 e. The average Bonchev–Trinajstić information content (AvgIpc) is 3.17. The number of anilines is 3. The van der Waals surface area contributed by atoms with Crippen LogP contribution in [0.15, 0.2) is 78.4 Å². The highest BCUT2D eigenvalue weighted by Gasteiger charge is 2.47. The molecule has 0 bridgehead atoms. The van der Waals surface area contributed by atoms with Crippen molar-refractivity contribution in [3.8, 4) is 5.75 Å². The third-order valence-corrected chi connectivity index (χ3v) is 6.33. The Hall–Kier alpha value is -4.59. The highest BCUT2D eigenvalue weighted by molar-refractivity contribution is 6.51. The topological polar surface area (TPSA) is 99.2 Å². The van der Waals surface area contributed by atoms with Crippen molar-refractivity contribution >= 4 is 40.4 Å². The first kappa shape index (κ1) is 27.4. The molecule has 1 saturated heterocycles. The third kappa shape index (κ3) is 5.95. The molecule has 8 nitrogen and oxygen atoms in total. The van der Waals surface area contributed by atoms with Crippen LogP contribution in [0.3, 0.4) is 0 Å². The molecule has 0 radical (unpaired) electrons. The van der Waals surface area contributed by atoms with Crippen LogP contribution < -0.4 is 19.9 Å². The SMILES string of the molecule is CC(=O)Nc1ccc(N2C(=O)C(=O)/C(=C(\O)c3cccc(OCC(C)C)c3)C2c2ccc(N(C)C)cc2)cc1. The fourth-order valence-electron chi connectivity index (χ4n) is 4.43. The van der Waals surface area contributed by atoms with Gasteiger partial charge < -0.3 is 20.1 Å². The maximum absolute atomic E-state index is 13.5. The number of carbonyl (C=O) groups is 3. The van der Waals surface area contributed by atoms with Crippen LogP contribution in [0.2, 0.25) is 0 Å². The normalized spacial score (nSPS) is 16.5. The summed E-state index contributed by atoms with van der Waals surface area (Å²) in [4.78, 5) is 41.7. The van der Waals surface area contributed by atoms with Gasteiger partial charge in [0.1, 0.15) is 11.5 Å². The molecule has 4 rings (SSSR count). The molecule has 0 aromatic heterocycles. The fourth-order valence-corrected chi connectivity index (χ4v) is 4.43. The summed E-state index contributed by atoms with van der Waals surface area (Å²) in [6.45, 7) is 5.99. The molecule has 202 valence electrons. The zero-order chi connectivity index (χ0) is 28.3. The molecule has 1 atom stereocenters. The zero-order valence-electron chi connectivity index (χ0n) is 22.8. The number of hydrogen-bond acceptors (Lipinski definition) is 6. The predicted octanol–water partition coefficient (Wildman–Crippen LogP) is 5.37. The quantitative estimate of drug-likeness (QED) is 0.232.